The Kier molecular flexibility index (Phi) is 11.1. The van der Waals surface area contributed by atoms with Gasteiger partial charge in [-0.15, -0.1) is 0 Å². The summed E-state index contributed by atoms with van der Waals surface area (Å²) in [6.45, 7) is 19.5. The second-order valence-electron chi connectivity index (χ2n) is 17.4. The summed E-state index contributed by atoms with van der Waals surface area (Å²) in [7, 11) is 0. The van der Waals surface area contributed by atoms with E-state index in [0.717, 1.165) is 81.0 Å². The Bertz CT molecular complexity index is 2420. The predicted molar refractivity (Wildman–Crippen MR) is 232 cm³/mol. The summed E-state index contributed by atoms with van der Waals surface area (Å²) in [5, 5.41) is 3.30. The summed E-state index contributed by atoms with van der Waals surface area (Å²) in [5.41, 5.74) is 6.14. The maximum absolute atomic E-state index is 15.7. The molecule has 4 aromatic rings. The number of imide groups is 1. The van der Waals surface area contributed by atoms with Crippen LogP contribution in [0, 0.1) is 18.3 Å². The van der Waals surface area contributed by atoms with Crippen LogP contribution < -0.4 is 20.0 Å². The van der Waals surface area contributed by atoms with Crippen molar-refractivity contribution in [1.82, 2.24) is 25.0 Å². The van der Waals surface area contributed by atoms with Gasteiger partial charge in [-0.2, -0.15) is 0 Å². The molecule has 0 unspecified atom stereocenters. The number of benzene rings is 3. The van der Waals surface area contributed by atoms with Crippen LogP contribution in [0.25, 0.3) is 15.7 Å². The first-order valence-corrected chi connectivity index (χ1v) is 21.6. The first kappa shape index (κ1) is 40.3. The zero-order valence-corrected chi connectivity index (χ0v) is 34.9. The van der Waals surface area contributed by atoms with Crippen LogP contribution in [0.3, 0.4) is 0 Å². The SMILES string of the molecule is [C-]#[N+]c1ccc(N2C[C@@H](C)N(C(=O)Cc3ccc(N4CCC(CN5CCN(c6ccc7c(c6)CN([C@H]6CCC(=O)NC6=O)C7=O)CC5)CC4)c(F)c3)C[C@@H]2C)c2cccnc12. The van der Waals surface area contributed by atoms with Gasteiger partial charge >= 0.3 is 0 Å². The van der Waals surface area contributed by atoms with E-state index >= 15 is 4.39 Å². The normalized spacial score (nSPS) is 22.8. The Hall–Kier alpha value is -6.07. The minimum atomic E-state index is -0.616. The number of amides is 4. The summed E-state index contributed by atoms with van der Waals surface area (Å²) in [6, 6.07) is 18.3. The number of nitrogens with zero attached hydrogens (tertiary/aromatic N) is 8. The highest BCUT2D eigenvalue weighted by Crippen LogP contribution is 2.36. The number of anilines is 3. The van der Waals surface area contributed by atoms with E-state index in [9.17, 15) is 19.2 Å². The van der Waals surface area contributed by atoms with E-state index in [0.29, 0.717) is 60.0 Å². The average Bonchev–Trinajstić information content (AvgIpc) is 3.59. The number of carbonyl (C=O) groups is 4. The minimum absolute atomic E-state index is 0.00943. The Labute approximate surface area is 355 Å². The van der Waals surface area contributed by atoms with Crippen LogP contribution in [0.1, 0.15) is 61.0 Å². The summed E-state index contributed by atoms with van der Waals surface area (Å²) in [4.78, 5) is 71.9. The van der Waals surface area contributed by atoms with Gasteiger partial charge in [-0.1, -0.05) is 18.2 Å². The number of aromatic nitrogens is 1. The molecule has 4 amide bonds. The summed E-state index contributed by atoms with van der Waals surface area (Å²) in [6.07, 6.45) is 4.42. The van der Waals surface area contributed by atoms with Crippen molar-refractivity contribution in [2.75, 3.05) is 73.6 Å². The Morgan fingerprint density at radius 2 is 1.66 bits per heavy atom. The second kappa shape index (κ2) is 16.8. The van der Waals surface area contributed by atoms with E-state index in [1.54, 1.807) is 11.1 Å². The summed E-state index contributed by atoms with van der Waals surface area (Å²) in [5.74, 6) is -0.597. The molecule has 0 saturated carbocycles. The molecule has 316 valence electrons. The highest BCUT2D eigenvalue weighted by Gasteiger charge is 2.39. The van der Waals surface area contributed by atoms with Crippen molar-refractivity contribution in [1.29, 1.82) is 0 Å². The van der Waals surface area contributed by atoms with Crippen LogP contribution in [0.5, 0.6) is 0 Å². The molecule has 1 aromatic heterocycles. The first-order valence-electron chi connectivity index (χ1n) is 21.6. The lowest BCUT2D eigenvalue weighted by molar-refractivity contribution is -0.137. The molecule has 0 aliphatic carbocycles. The standard InChI is InChI=1S/C47H52FN9O4/c1-30-27-56(31(2)26-55(30)40-11-9-39(49-3)45-37(40)5-4-16-50-45)44(59)24-33-6-10-41(38(48)23-33)54-17-14-32(15-18-54)28-52-19-21-53(22-20-52)35-7-8-36-34(25-35)29-57(47(36)61)42-12-13-43(58)51-46(42)60/h4-11,16,23,25,30-32,42H,12-15,17-22,24,26-29H2,1-2H3,(H,51,58,60)/t30-,31+,42-/m0/s1. The maximum atomic E-state index is 15.7. The van der Waals surface area contributed by atoms with Crippen molar-refractivity contribution in [3.8, 4) is 0 Å². The largest absolute Gasteiger partial charge is 0.369 e. The van der Waals surface area contributed by atoms with Crippen LogP contribution in [-0.2, 0) is 27.3 Å². The number of halogens is 1. The van der Waals surface area contributed by atoms with Gasteiger partial charge in [0.1, 0.15) is 11.9 Å². The van der Waals surface area contributed by atoms with Gasteiger partial charge in [0.05, 0.1) is 24.2 Å². The van der Waals surface area contributed by atoms with Crippen molar-refractivity contribution in [3.05, 3.63) is 101 Å². The Morgan fingerprint density at radius 3 is 2.41 bits per heavy atom. The van der Waals surface area contributed by atoms with Crippen LogP contribution in [0.15, 0.2) is 66.9 Å². The molecule has 5 aliphatic heterocycles. The molecule has 0 spiro atoms. The van der Waals surface area contributed by atoms with Gasteiger partial charge in [-0.05, 0) is 92.6 Å². The molecule has 1 N–H and O–H groups in total. The summed E-state index contributed by atoms with van der Waals surface area (Å²) < 4.78 is 15.7. The molecule has 6 heterocycles. The van der Waals surface area contributed by atoms with Gasteiger partial charge in [-0.3, -0.25) is 34.4 Å². The molecule has 5 aliphatic rings. The van der Waals surface area contributed by atoms with Crippen molar-refractivity contribution in [3.63, 3.8) is 0 Å². The van der Waals surface area contributed by atoms with Crippen molar-refractivity contribution in [2.45, 2.75) is 70.6 Å². The third-order valence-electron chi connectivity index (χ3n) is 13.5. The third-order valence-corrected chi connectivity index (χ3v) is 13.5. The number of carbonyl (C=O) groups excluding carboxylic acids is 4. The number of nitrogens with one attached hydrogen (secondary N) is 1. The zero-order chi connectivity index (χ0) is 42.4. The van der Waals surface area contributed by atoms with Crippen molar-refractivity contribution in [2.24, 2.45) is 5.92 Å². The molecule has 14 heteroatoms. The Balaban J connectivity index is 0.735. The van der Waals surface area contributed by atoms with Gasteiger partial charge in [0.25, 0.3) is 5.91 Å². The van der Waals surface area contributed by atoms with E-state index in [-0.39, 0.29) is 48.5 Å². The molecule has 9 rings (SSSR count). The number of piperidine rings is 2. The minimum Gasteiger partial charge on any atom is -0.369 e. The predicted octanol–water partition coefficient (Wildman–Crippen LogP) is 5.39. The van der Waals surface area contributed by atoms with Crippen LogP contribution in [-0.4, -0.2) is 120 Å². The quantitative estimate of drug-likeness (QED) is 0.185. The molecule has 61 heavy (non-hydrogen) atoms. The monoisotopic (exact) mass is 825 g/mol. The topological polar surface area (TPSA) is 117 Å². The van der Waals surface area contributed by atoms with Gasteiger partial charge in [0, 0.05) is 112 Å². The average molecular weight is 826 g/mol. The zero-order valence-electron chi connectivity index (χ0n) is 34.9. The van der Waals surface area contributed by atoms with E-state index in [2.05, 4.69) is 54.7 Å². The lowest BCUT2D eigenvalue weighted by Gasteiger charge is -2.45. The maximum Gasteiger partial charge on any atom is 0.255 e. The first-order chi connectivity index (χ1) is 29.5. The van der Waals surface area contributed by atoms with Gasteiger partial charge in [-0.25, -0.2) is 9.24 Å². The van der Waals surface area contributed by atoms with Crippen LogP contribution in [0.2, 0.25) is 0 Å². The molecule has 3 aromatic carbocycles. The lowest BCUT2D eigenvalue weighted by Crippen LogP contribution is -2.58. The highest BCUT2D eigenvalue weighted by molar-refractivity contribution is 6.05. The molecular formula is C47H52FN9O4. The molecule has 0 radical (unpaired) electrons. The Morgan fingerprint density at radius 1 is 0.869 bits per heavy atom. The van der Waals surface area contributed by atoms with Gasteiger partial charge < -0.3 is 24.5 Å². The number of hydrogen-bond acceptors (Lipinski definition) is 9. The third kappa shape index (κ3) is 7.99. The van der Waals surface area contributed by atoms with E-state index in [1.165, 1.54) is 6.07 Å². The lowest BCUT2D eigenvalue weighted by atomic mass is 9.95. The number of piperazine rings is 2. The van der Waals surface area contributed by atoms with Gasteiger partial charge in [0.15, 0.2) is 0 Å². The molecule has 3 atom stereocenters. The van der Waals surface area contributed by atoms with Crippen molar-refractivity contribution < 1.29 is 23.6 Å². The highest BCUT2D eigenvalue weighted by atomic mass is 19.1. The molecule has 4 fully saturated rings. The smallest absolute Gasteiger partial charge is 0.255 e. The van der Waals surface area contributed by atoms with Gasteiger partial charge in [0.2, 0.25) is 23.4 Å². The molecule has 13 nitrogen and oxygen atoms in total. The van der Waals surface area contributed by atoms with Crippen LogP contribution >= 0.6 is 0 Å². The molecule has 0 bridgehead atoms. The number of rotatable bonds is 8. The number of hydrogen-bond donors (Lipinski definition) is 1. The van der Waals surface area contributed by atoms with E-state index < -0.39 is 11.9 Å². The van der Waals surface area contributed by atoms with E-state index in [1.807, 2.05) is 53.4 Å². The van der Waals surface area contributed by atoms with Crippen LogP contribution in [0.4, 0.5) is 27.1 Å². The fraction of sp³-hybridized carbons (Fsp3) is 0.447. The van der Waals surface area contributed by atoms with E-state index in [4.69, 9.17) is 6.57 Å². The number of pyridine rings is 1. The molecular weight excluding hydrogens is 774 g/mol. The fourth-order valence-corrected chi connectivity index (χ4v) is 10.2. The summed E-state index contributed by atoms with van der Waals surface area (Å²) >= 11 is 0. The second-order valence-corrected chi connectivity index (χ2v) is 17.4. The number of fused-ring (bicyclic) bond motifs is 2. The molecule has 4 saturated heterocycles. The van der Waals surface area contributed by atoms with Crippen molar-refractivity contribution >= 4 is 57.3 Å². The fourth-order valence-electron chi connectivity index (χ4n) is 10.2.